The molecule has 1 nitrogen and oxygen atoms in total. The highest BCUT2D eigenvalue weighted by molar-refractivity contribution is 9.10. The van der Waals surface area contributed by atoms with Crippen LogP contribution >= 0.6 is 39.1 Å². The summed E-state index contributed by atoms with van der Waals surface area (Å²) in [5.41, 5.74) is 0.549. The van der Waals surface area contributed by atoms with Gasteiger partial charge in [-0.1, -0.05) is 29.3 Å². The second kappa shape index (κ2) is 6.46. The highest BCUT2D eigenvalue weighted by atomic mass is 79.9. The maximum absolute atomic E-state index is 12.5. The van der Waals surface area contributed by atoms with E-state index in [1.54, 1.807) is 12.1 Å². The third-order valence-corrected chi connectivity index (χ3v) is 4.31. The molecular weight excluding hydrogens is 390 g/mol. The molecule has 2 aromatic rings. The SMILES string of the molecule is FC(F)(F)c1ccc(NCc2ccc(Br)c(Cl)c2)c(Cl)c1. The fourth-order valence-electron chi connectivity index (χ4n) is 1.68. The van der Waals surface area contributed by atoms with Gasteiger partial charge in [-0.2, -0.15) is 13.2 Å². The van der Waals surface area contributed by atoms with Gasteiger partial charge in [0.05, 0.1) is 21.3 Å². The van der Waals surface area contributed by atoms with E-state index in [0.29, 0.717) is 17.3 Å². The summed E-state index contributed by atoms with van der Waals surface area (Å²) in [7, 11) is 0. The van der Waals surface area contributed by atoms with Crippen LogP contribution in [0.15, 0.2) is 40.9 Å². The number of rotatable bonds is 3. The zero-order valence-electron chi connectivity index (χ0n) is 10.4. The monoisotopic (exact) mass is 397 g/mol. The summed E-state index contributed by atoms with van der Waals surface area (Å²) in [6.07, 6.45) is -4.40. The molecule has 0 aliphatic rings. The Kier molecular flexibility index (Phi) is 5.07. The number of halogens is 6. The van der Waals surface area contributed by atoms with Crippen LogP contribution in [-0.2, 0) is 12.7 Å². The van der Waals surface area contributed by atoms with Crippen LogP contribution in [0.25, 0.3) is 0 Å². The summed E-state index contributed by atoms with van der Waals surface area (Å²) in [6.45, 7) is 0.401. The molecule has 0 aliphatic carbocycles. The van der Waals surface area contributed by atoms with Gasteiger partial charge in [0, 0.05) is 11.0 Å². The quantitative estimate of drug-likeness (QED) is 0.631. The molecule has 0 amide bonds. The number of nitrogens with one attached hydrogen (secondary N) is 1. The van der Waals surface area contributed by atoms with Crippen molar-refractivity contribution in [1.82, 2.24) is 0 Å². The molecule has 0 unspecified atom stereocenters. The molecule has 0 bridgehead atoms. The van der Waals surface area contributed by atoms with Crippen molar-refractivity contribution in [3.05, 3.63) is 62.0 Å². The predicted octanol–water partition coefficient (Wildman–Crippen LogP) is 6.39. The number of hydrogen-bond donors (Lipinski definition) is 1. The van der Waals surface area contributed by atoms with Gasteiger partial charge in [0.2, 0.25) is 0 Å². The fraction of sp³-hybridized carbons (Fsp3) is 0.143. The average molecular weight is 399 g/mol. The van der Waals surface area contributed by atoms with Gasteiger partial charge in [-0.15, -0.1) is 0 Å². The second-order valence-electron chi connectivity index (χ2n) is 4.29. The first-order valence-corrected chi connectivity index (χ1v) is 7.37. The summed E-state index contributed by atoms with van der Waals surface area (Å²) in [5.74, 6) is 0. The molecule has 0 radical (unpaired) electrons. The zero-order chi connectivity index (χ0) is 15.6. The van der Waals surface area contributed by atoms with Gasteiger partial charge in [-0.3, -0.25) is 0 Å². The van der Waals surface area contributed by atoms with Crippen LogP contribution in [0.4, 0.5) is 18.9 Å². The first kappa shape index (κ1) is 16.5. The Balaban J connectivity index is 2.11. The van der Waals surface area contributed by atoms with Crippen LogP contribution in [0.2, 0.25) is 10.0 Å². The van der Waals surface area contributed by atoms with Crippen molar-refractivity contribution >= 4 is 44.8 Å². The van der Waals surface area contributed by atoms with Crippen molar-refractivity contribution in [2.45, 2.75) is 12.7 Å². The van der Waals surface area contributed by atoms with Crippen molar-refractivity contribution in [3.8, 4) is 0 Å². The molecule has 0 heterocycles. The third-order valence-electron chi connectivity index (χ3n) is 2.76. The minimum atomic E-state index is -4.40. The van der Waals surface area contributed by atoms with Crippen molar-refractivity contribution in [1.29, 1.82) is 0 Å². The fourth-order valence-corrected chi connectivity index (χ4v) is 2.38. The zero-order valence-corrected chi connectivity index (χ0v) is 13.5. The number of hydrogen-bond acceptors (Lipinski definition) is 1. The molecule has 21 heavy (non-hydrogen) atoms. The molecule has 0 aromatic heterocycles. The third kappa shape index (κ3) is 4.28. The molecule has 2 rings (SSSR count). The predicted molar refractivity (Wildman–Crippen MR) is 82.9 cm³/mol. The lowest BCUT2D eigenvalue weighted by atomic mass is 10.2. The van der Waals surface area contributed by atoms with Crippen LogP contribution in [0.3, 0.4) is 0 Å². The number of alkyl halides is 3. The normalized spacial score (nSPS) is 11.5. The molecule has 0 aliphatic heterocycles. The molecule has 0 fully saturated rings. The maximum atomic E-state index is 12.5. The van der Waals surface area contributed by atoms with Gasteiger partial charge in [-0.25, -0.2) is 0 Å². The van der Waals surface area contributed by atoms with E-state index in [2.05, 4.69) is 21.2 Å². The van der Waals surface area contributed by atoms with Crippen LogP contribution in [-0.4, -0.2) is 0 Å². The van der Waals surface area contributed by atoms with Gasteiger partial charge < -0.3 is 5.32 Å². The lowest BCUT2D eigenvalue weighted by Crippen LogP contribution is -2.06. The van der Waals surface area contributed by atoms with Crippen molar-refractivity contribution < 1.29 is 13.2 Å². The van der Waals surface area contributed by atoms with Gasteiger partial charge in [-0.05, 0) is 51.8 Å². The van der Waals surface area contributed by atoms with Gasteiger partial charge >= 0.3 is 6.18 Å². The summed E-state index contributed by atoms with van der Waals surface area (Å²) >= 11 is 15.1. The highest BCUT2D eigenvalue weighted by Crippen LogP contribution is 2.34. The molecule has 0 saturated carbocycles. The molecular formula is C14H9BrCl2F3N. The van der Waals surface area contributed by atoms with E-state index in [1.165, 1.54) is 6.07 Å². The summed E-state index contributed by atoms with van der Waals surface area (Å²) in [6, 6.07) is 8.61. The van der Waals surface area contributed by atoms with Gasteiger partial charge in [0.25, 0.3) is 0 Å². The van der Waals surface area contributed by atoms with E-state index < -0.39 is 11.7 Å². The minimum absolute atomic E-state index is 0.0213. The van der Waals surface area contributed by atoms with Crippen molar-refractivity contribution in [3.63, 3.8) is 0 Å². The summed E-state index contributed by atoms with van der Waals surface area (Å²) in [5, 5.41) is 3.57. The van der Waals surface area contributed by atoms with Gasteiger partial charge in [0.1, 0.15) is 0 Å². The van der Waals surface area contributed by atoms with E-state index in [4.69, 9.17) is 23.2 Å². The average Bonchev–Trinajstić information content (AvgIpc) is 2.40. The number of benzene rings is 2. The minimum Gasteiger partial charge on any atom is -0.380 e. The number of anilines is 1. The summed E-state index contributed by atoms with van der Waals surface area (Å²) < 4.78 is 38.4. The van der Waals surface area contributed by atoms with Crippen LogP contribution in [0, 0.1) is 0 Å². The first-order valence-electron chi connectivity index (χ1n) is 5.82. The lowest BCUT2D eigenvalue weighted by Gasteiger charge is -2.12. The lowest BCUT2D eigenvalue weighted by molar-refractivity contribution is -0.137. The maximum Gasteiger partial charge on any atom is 0.416 e. The van der Waals surface area contributed by atoms with Crippen molar-refractivity contribution in [2.24, 2.45) is 0 Å². The van der Waals surface area contributed by atoms with E-state index in [9.17, 15) is 13.2 Å². The van der Waals surface area contributed by atoms with E-state index >= 15 is 0 Å². The van der Waals surface area contributed by atoms with Crippen LogP contribution < -0.4 is 5.32 Å². The van der Waals surface area contributed by atoms with Crippen LogP contribution in [0.5, 0.6) is 0 Å². The Morgan fingerprint density at radius 1 is 1.00 bits per heavy atom. The molecule has 0 spiro atoms. The molecule has 1 N–H and O–H groups in total. The van der Waals surface area contributed by atoms with E-state index in [0.717, 1.165) is 22.2 Å². The second-order valence-corrected chi connectivity index (χ2v) is 5.96. The molecule has 0 saturated heterocycles. The highest BCUT2D eigenvalue weighted by Gasteiger charge is 2.30. The van der Waals surface area contributed by atoms with Crippen LogP contribution in [0.1, 0.15) is 11.1 Å². The first-order chi connectivity index (χ1) is 9.77. The van der Waals surface area contributed by atoms with E-state index in [1.807, 2.05) is 6.07 Å². The Labute approximate surface area is 138 Å². The Morgan fingerprint density at radius 2 is 1.71 bits per heavy atom. The summed E-state index contributed by atoms with van der Waals surface area (Å²) in [4.78, 5) is 0. The van der Waals surface area contributed by atoms with Crippen molar-refractivity contribution in [2.75, 3.05) is 5.32 Å². The molecule has 0 atom stereocenters. The van der Waals surface area contributed by atoms with Gasteiger partial charge in [0.15, 0.2) is 0 Å². The molecule has 112 valence electrons. The van der Waals surface area contributed by atoms with E-state index in [-0.39, 0.29) is 5.02 Å². The Bertz CT molecular complexity index is 659. The smallest absolute Gasteiger partial charge is 0.380 e. The standard InChI is InChI=1S/C14H9BrCl2F3N/c15-10-3-1-8(5-11(10)16)7-21-13-4-2-9(6-12(13)17)14(18,19)20/h1-6,21H,7H2. The largest absolute Gasteiger partial charge is 0.416 e. The molecule has 7 heteroatoms. The molecule has 2 aromatic carbocycles. The topological polar surface area (TPSA) is 12.0 Å². The Morgan fingerprint density at radius 3 is 2.29 bits per heavy atom. The Hall–Kier alpha value is -0.910.